The van der Waals surface area contributed by atoms with E-state index in [4.69, 9.17) is 9.47 Å². The molecule has 0 aliphatic carbocycles. The molecule has 0 N–H and O–H groups in total. The van der Waals surface area contributed by atoms with Gasteiger partial charge in [0.15, 0.2) is 11.5 Å². The highest BCUT2D eigenvalue weighted by Crippen LogP contribution is 2.41. The maximum absolute atomic E-state index is 5.50. The molecule has 1 unspecified atom stereocenters. The van der Waals surface area contributed by atoms with Crippen molar-refractivity contribution in [3.05, 3.63) is 47.5 Å². The zero-order valence-corrected chi connectivity index (χ0v) is 16.9. The topological polar surface area (TPSA) is 18.5 Å². The van der Waals surface area contributed by atoms with Crippen LogP contribution in [0.15, 0.2) is 46.2 Å². The minimum absolute atomic E-state index is 0.322. The van der Waals surface area contributed by atoms with Gasteiger partial charge in [-0.15, -0.1) is 23.5 Å². The smallest absolute Gasteiger partial charge is 0.161 e. The summed E-state index contributed by atoms with van der Waals surface area (Å²) in [6, 6.07) is 13.0. The molecule has 1 atom stereocenters. The summed E-state index contributed by atoms with van der Waals surface area (Å²) >= 11 is 3.60. The maximum atomic E-state index is 5.50. The molecular weight excluding hydrogens is 336 g/mol. The molecule has 0 saturated heterocycles. The Morgan fingerprint density at radius 3 is 2.08 bits per heavy atom. The summed E-state index contributed by atoms with van der Waals surface area (Å²) in [5, 5.41) is 0. The fourth-order valence-electron chi connectivity index (χ4n) is 3.05. The summed E-state index contributed by atoms with van der Waals surface area (Å²) in [6.07, 6.45) is 4.27. The van der Waals surface area contributed by atoms with Gasteiger partial charge in [0.05, 0.1) is 14.2 Å². The van der Waals surface area contributed by atoms with E-state index in [-0.39, 0.29) is 0 Å². The lowest BCUT2D eigenvalue weighted by Gasteiger charge is -2.25. The van der Waals surface area contributed by atoms with Gasteiger partial charge < -0.3 is 9.47 Å². The summed E-state index contributed by atoms with van der Waals surface area (Å²) in [4.78, 5) is 2.65. The highest BCUT2D eigenvalue weighted by atomic mass is 32.2. The molecule has 2 aromatic carbocycles. The molecule has 0 aromatic heterocycles. The van der Waals surface area contributed by atoms with Crippen LogP contribution in [0.1, 0.15) is 30.9 Å². The normalized spacial score (nSPS) is 12.3. The van der Waals surface area contributed by atoms with E-state index in [1.165, 1.54) is 20.9 Å². The molecule has 4 heteroatoms. The largest absolute Gasteiger partial charge is 0.493 e. The zero-order valence-electron chi connectivity index (χ0n) is 15.3. The monoisotopic (exact) mass is 362 g/mol. The molecule has 0 aliphatic heterocycles. The Morgan fingerprint density at radius 2 is 1.54 bits per heavy atom. The van der Waals surface area contributed by atoms with Gasteiger partial charge in [0.25, 0.3) is 0 Å². The third-order valence-electron chi connectivity index (χ3n) is 4.21. The molecule has 2 aromatic rings. The van der Waals surface area contributed by atoms with Crippen molar-refractivity contribution in [3.8, 4) is 11.5 Å². The fraction of sp³-hybridized carbons (Fsp3) is 0.400. The Labute approximate surface area is 154 Å². The van der Waals surface area contributed by atoms with Crippen molar-refractivity contribution in [2.75, 3.05) is 26.7 Å². The number of methoxy groups -OCH3 is 2. The summed E-state index contributed by atoms with van der Waals surface area (Å²) in [7, 11) is 3.36. The van der Waals surface area contributed by atoms with E-state index < -0.39 is 0 Å². The van der Waals surface area contributed by atoms with Gasteiger partial charge in [-0.1, -0.05) is 26.0 Å². The van der Waals surface area contributed by atoms with E-state index in [1.54, 1.807) is 26.0 Å². The number of ether oxygens (including phenoxy) is 2. The number of hydrogen-bond acceptors (Lipinski definition) is 4. The molecule has 0 radical (unpaired) electrons. The zero-order chi connectivity index (χ0) is 17.7. The van der Waals surface area contributed by atoms with Crippen molar-refractivity contribution in [2.45, 2.75) is 29.6 Å². The van der Waals surface area contributed by atoms with Crippen LogP contribution in [0.4, 0.5) is 0 Å². The predicted molar refractivity (Wildman–Crippen MR) is 106 cm³/mol. The van der Waals surface area contributed by atoms with E-state index in [0.29, 0.717) is 11.8 Å². The van der Waals surface area contributed by atoms with Crippen molar-refractivity contribution in [2.24, 2.45) is 5.92 Å². The molecule has 0 aliphatic rings. The maximum Gasteiger partial charge on any atom is 0.161 e. The first-order valence-corrected chi connectivity index (χ1v) is 10.4. The molecule has 0 spiro atoms. The van der Waals surface area contributed by atoms with Crippen LogP contribution >= 0.6 is 23.5 Å². The molecule has 0 fully saturated rings. The molecular formula is C20H26O2S2. The average molecular weight is 363 g/mol. The van der Waals surface area contributed by atoms with Gasteiger partial charge in [0.1, 0.15) is 0 Å². The van der Waals surface area contributed by atoms with Crippen LogP contribution in [-0.4, -0.2) is 26.7 Å². The van der Waals surface area contributed by atoms with Gasteiger partial charge >= 0.3 is 0 Å². The SMILES string of the molecule is COc1ccc(C(c2ccc(SC)cc2SC)C(C)C)cc1OC. The lowest BCUT2D eigenvalue weighted by atomic mass is 9.82. The first-order valence-electron chi connectivity index (χ1n) is 7.99. The van der Waals surface area contributed by atoms with Crippen LogP contribution < -0.4 is 9.47 Å². The number of hydrogen-bond donors (Lipinski definition) is 0. The van der Waals surface area contributed by atoms with E-state index in [1.807, 2.05) is 17.8 Å². The number of benzene rings is 2. The quantitative estimate of drug-likeness (QED) is 0.568. The van der Waals surface area contributed by atoms with Crippen LogP contribution in [0.25, 0.3) is 0 Å². The van der Waals surface area contributed by atoms with Crippen LogP contribution in [0.3, 0.4) is 0 Å². The molecule has 2 rings (SSSR count). The minimum atomic E-state index is 0.322. The Morgan fingerprint density at radius 1 is 0.833 bits per heavy atom. The Hall–Kier alpha value is -1.26. The molecule has 0 amide bonds. The highest BCUT2D eigenvalue weighted by Gasteiger charge is 2.22. The van der Waals surface area contributed by atoms with Crippen LogP contribution in [0.2, 0.25) is 0 Å². The molecule has 130 valence electrons. The molecule has 0 bridgehead atoms. The Balaban J connectivity index is 2.55. The molecule has 24 heavy (non-hydrogen) atoms. The second-order valence-electron chi connectivity index (χ2n) is 5.94. The van der Waals surface area contributed by atoms with Gasteiger partial charge in [0, 0.05) is 15.7 Å². The summed E-state index contributed by atoms with van der Waals surface area (Å²) in [5.74, 6) is 2.36. The van der Waals surface area contributed by atoms with Crippen molar-refractivity contribution < 1.29 is 9.47 Å². The van der Waals surface area contributed by atoms with E-state index in [9.17, 15) is 0 Å². The molecule has 0 heterocycles. The molecule has 0 saturated carbocycles. The Kier molecular flexibility index (Phi) is 6.93. The standard InChI is InChI=1S/C20H26O2S2/c1-13(2)20(14-7-10-17(21-3)18(11-14)22-4)16-9-8-15(23-5)12-19(16)24-6/h7-13,20H,1-6H3. The van der Waals surface area contributed by atoms with Gasteiger partial charge in [-0.25, -0.2) is 0 Å². The predicted octanol–water partition coefficient (Wildman–Crippen LogP) is 5.94. The number of thioether (sulfide) groups is 2. The third-order valence-corrected chi connectivity index (χ3v) is 5.73. The van der Waals surface area contributed by atoms with Crippen molar-refractivity contribution in [1.29, 1.82) is 0 Å². The van der Waals surface area contributed by atoms with Gasteiger partial charge in [0.2, 0.25) is 0 Å². The van der Waals surface area contributed by atoms with E-state index in [2.05, 4.69) is 56.7 Å². The second kappa shape index (κ2) is 8.72. The lowest BCUT2D eigenvalue weighted by Crippen LogP contribution is -2.10. The first kappa shape index (κ1) is 19.1. The van der Waals surface area contributed by atoms with Crippen LogP contribution in [0, 0.1) is 5.92 Å². The van der Waals surface area contributed by atoms with Gasteiger partial charge in [-0.2, -0.15) is 0 Å². The summed E-state index contributed by atoms with van der Waals surface area (Å²) in [6.45, 7) is 4.54. The number of rotatable bonds is 7. The molecule has 2 nitrogen and oxygen atoms in total. The lowest BCUT2D eigenvalue weighted by molar-refractivity contribution is 0.354. The van der Waals surface area contributed by atoms with Gasteiger partial charge in [-0.05, 0) is 53.8 Å². The summed E-state index contributed by atoms with van der Waals surface area (Å²) in [5.41, 5.74) is 2.64. The first-order chi connectivity index (χ1) is 11.5. The van der Waals surface area contributed by atoms with E-state index >= 15 is 0 Å². The van der Waals surface area contributed by atoms with Crippen LogP contribution in [-0.2, 0) is 0 Å². The summed E-state index contributed by atoms with van der Waals surface area (Å²) < 4.78 is 10.9. The van der Waals surface area contributed by atoms with E-state index in [0.717, 1.165) is 11.5 Å². The second-order valence-corrected chi connectivity index (χ2v) is 7.67. The fourth-order valence-corrected chi connectivity index (χ4v) is 4.24. The van der Waals surface area contributed by atoms with Crippen molar-refractivity contribution in [3.63, 3.8) is 0 Å². The highest BCUT2D eigenvalue weighted by molar-refractivity contribution is 7.99. The average Bonchev–Trinajstić information content (AvgIpc) is 2.61. The van der Waals surface area contributed by atoms with Crippen molar-refractivity contribution in [1.82, 2.24) is 0 Å². The van der Waals surface area contributed by atoms with Crippen LogP contribution in [0.5, 0.6) is 11.5 Å². The Bertz CT molecular complexity index is 683. The van der Waals surface area contributed by atoms with Crippen molar-refractivity contribution >= 4 is 23.5 Å². The van der Waals surface area contributed by atoms with Gasteiger partial charge in [-0.3, -0.25) is 0 Å². The minimum Gasteiger partial charge on any atom is -0.493 e. The third kappa shape index (κ3) is 4.04.